The number of imide groups is 1. The van der Waals surface area contributed by atoms with Gasteiger partial charge in [-0.15, -0.1) is 0 Å². The first-order valence-electron chi connectivity index (χ1n) is 6.36. The number of rotatable bonds is 3. The van der Waals surface area contributed by atoms with Crippen LogP contribution in [0.5, 0.6) is 0 Å². The average molecular weight is 286 g/mol. The lowest BCUT2D eigenvalue weighted by atomic mass is 10.1. The van der Waals surface area contributed by atoms with E-state index in [9.17, 15) is 9.59 Å². The van der Waals surface area contributed by atoms with Crippen molar-refractivity contribution in [2.45, 2.75) is 6.42 Å². The van der Waals surface area contributed by atoms with Crippen LogP contribution in [-0.2, 0) is 6.42 Å². The van der Waals surface area contributed by atoms with Crippen LogP contribution >= 0.6 is 11.6 Å². The van der Waals surface area contributed by atoms with Gasteiger partial charge in [0.05, 0.1) is 11.1 Å². The maximum Gasteiger partial charge on any atom is 0.261 e. The highest BCUT2D eigenvalue weighted by atomic mass is 35.5. The van der Waals surface area contributed by atoms with Gasteiger partial charge in [0.2, 0.25) is 0 Å². The molecule has 0 atom stereocenters. The zero-order chi connectivity index (χ0) is 14.1. The molecule has 0 aromatic heterocycles. The Morgan fingerprint density at radius 3 is 1.95 bits per heavy atom. The maximum atomic E-state index is 12.2. The summed E-state index contributed by atoms with van der Waals surface area (Å²) in [5.41, 5.74) is 2.04. The van der Waals surface area contributed by atoms with Crippen molar-refractivity contribution in [1.82, 2.24) is 4.90 Å². The zero-order valence-electron chi connectivity index (χ0n) is 10.7. The van der Waals surface area contributed by atoms with Gasteiger partial charge in [0.25, 0.3) is 11.8 Å². The molecule has 3 rings (SSSR count). The standard InChI is InChI=1S/C16H12ClNO2/c17-12-7-5-11(6-8-12)9-10-18-15(19)13-3-1-2-4-14(13)16(18)20/h1-8H,9-10H2. The molecule has 4 heteroatoms. The van der Waals surface area contributed by atoms with Gasteiger partial charge in [-0.2, -0.15) is 0 Å². The lowest BCUT2D eigenvalue weighted by molar-refractivity contribution is 0.0656. The number of fused-ring (bicyclic) bond motifs is 1. The first-order valence-corrected chi connectivity index (χ1v) is 6.74. The molecule has 20 heavy (non-hydrogen) atoms. The van der Waals surface area contributed by atoms with Crippen LogP contribution in [-0.4, -0.2) is 23.3 Å². The van der Waals surface area contributed by atoms with Gasteiger partial charge >= 0.3 is 0 Å². The van der Waals surface area contributed by atoms with E-state index in [0.717, 1.165) is 5.56 Å². The predicted octanol–water partition coefficient (Wildman–Crippen LogP) is 3.18. The van der Waals surface area contributed by atoms with E-state index in [4.69, 9.17) is 11.6 Å². The van der Waals surface area contributed by atoms with Crippen LogP contribution in [0.3, 0.4) is 0 Å². The molecule has 0 bridgehead atoms. The smallest absolute Gasteiger partial charge is 0.261 e. The minimum Gasteiger partial charge on any atom is -0.274 e. The van der Waals surface area contributed by atoms with Crippen LogP contribution in [0.2, 0.25) is 5.02 Å². The molecule has 0 radical (unpaired) electrons. The molecular formula is C16H12ClNO2. The van der Waals surface area contributed by atoms with Crippen molar-refractivity contribution in [3.63, 3.8) is 0 Å². The lowest BCUT2D eigenvalue weighted by Gasteiger charge is -2.13. The van der Waals surface area contributed by atoms with Crippen LogP contribution in [0.4, 0.5) is 0 Å². The van der Waals surface area contributed by atoms with E-state index >= 15 is 0 Å². The van der Waals surface area contributed by atoms with Crippen molar-refractivity contribution in [3.05, 3.63) is 70.2 Å². The number of carbonyl (C=O) groups is 2. The molecule has 2 aromatic rings. The summed E-state index contributed by atoms with van der Waals surface area (Å²) >= 11 is 5.83. The molecule has 0 saturated heterocycles. The van der Waals surface area contributed by atoms with Crippen LogP contribution in [0.1, 0.15) is 26.3 Å². The highest BCUT2D eigenvalue weighted by molar-refractivity contribution is 6.30. The Morgan fingerprint density at radius 1 is 0.850 bits per heavy atom. The summed E-state index contributed by atoms with van der Waals surface area (Å²) in [6.45, 7) is 0.383. The van der Waals surface area contributed by atoms with Crippen LogP contribution in [0.15, 0.2) is 48.5 Å². The molecule has 100 valence electrons. The molecule has 1 aliphatic rings. The Morgan fingerprint density at radius 2 is 1.40 bits per heavy atom. The topological polar surface area (TPSA) is 37.4 Å². The second-order valence-electron chi connectivity index (χ2n) is 4.68. The first kappa shape index (κ1) is 12.9. The molecule has 0 unspecified atom stereocenters. The number of halogens is 1. The molecule has 0 N–H and O–H groups in total. The summed E-state index contributed by atoms with van der Waals surface area (Å²) in [6, 6.07) is 14.3. The van der Waals surface area contributed by atoms with Crippen molar-refractivity contribution < 1.29 is 9.59 Å². The molecular weight excluding hydrogens is 274 g/mol. The van der Waals surface area contributed by atoms with Gasteiger partial charge in [0.1, 0.15) is 0 Å². The van der Waals surface area contributed by atoms with Gasteiger partial charge in [-0.1, -0.05) is 35.9 Å². The van der Waals surface area contributed by atoms with Crippen molar-refractivity contribution in [2.75, 3.05) is 6.54 Å². The number of amides is 2. The number of nitrogens with zero attached hydrogens (tertiary/aromatic N) is 1. The van der Waals surface area contributed by atoms with Crippen LogP contribution < -0.4 is 0 Å². The fourth-order valence-corrected chi connectivity index (χ4v) is 2.46. The fraction of sp³-hybridized carbons (Fsp3) is 0.125. The van der Waals surface area contributed by atoms with Crippen LogP contribution in [0, 0.1) is 0 Å². The normalized spacial score (nSPS) is 13.8. The highest BCUT2D eigenvalue weighted by Gasteiger charge is 2.34. The van der Waals surface area contributed by atoms with Gasteiger partial charge < -0.3 is 0 Å². The summed E-state index contributed by atoms with van der Waals surface area (Å²) in [6.07, 6.45) is 0.628. The molecule has 3 nitrogen and oxygen atoms in total. The van der Waals surface area contributed by atoms with Gasteiger partial charge in [0.15, 0.2) is 0 Å². The van der Waals surface area contributed by atoms with E-state index in [1.807, 2.05) is 12.1 Å². The quantitative estimate of drug-likeness (QED) is 0.812. The lowest BCUT2D eigenvalue weighted by Crippen LogP contribution is -2.31. The Bertz CT molecular complexity index is 644. The number of hydrogen-bond acceptors (Lipinski definition) is 2. The average Bonchev–Trinajstić information content (AvgIpc) is 2.71. The minimum atomic E-state index is -0.209. The number of hydrogen-bond donors (Lipinski definition) is 0. The van der Waals surface area contributed by atoms with E-state index in [1.165, 1.54) is 4.90 Å². The third-order valence-corrected chi connectivity index (χ3v) is 3.67. The first-order chi connectivity index (χ1) is 9.66. The van der Waals surface area contributed by atoms with E-state index in [0.29, 0.717) is 29.1 Å². The summed E-state index contributed by atoms with van der Waals surface area (Å²) < 4.78 is 0. The monoisotopic (exact) mass is 285 g/mol. The van der Waals surface area contributed by atoms with E-state index in [2.05, 4.69) is 0 Å². The molecule has 0 aliphatic carbocycles. The third kappa shape index (κ3) is 2.21. The highest BCUT2D eigenvalue weighted by Crippen LogP contribution is 2.22. The molecule has 0 fully saturated rings. The van der Waals surface area contributed by atoms with Gasteiger partial charge in [-0.05, 0) is 36.2 Å². The van der Waals surface area contributed by atoms with Gasteiger partial charge in [0, 0.05) is 11.6 Å². The van der Waals surface area contributed by atoms with Crippen LogP contribution in [0.25, 0.3) is 0 Å². The molecule has 0 saturated carbocycles. The van der Waals surface area contributed by atoms with E-state index in [1.54, 1.807) is 36.4 Å². The predicted molar refractivity (Wildman–Crippen MR) is 77.0 cm³/mol. The molecule has 0 spiro atoms. The Labute approximate surface area is 121 Å². The maximum absolute atomic E-state index is 12.2. The minimum absolute atomic E-state index is 0.209. The van der Waals surface area contributed by atoms with E-state index in [-0.39, 0.29) is 11.8 Å². The van der Waals surface area contributed by atoms with Crippen molar-refractivity contribution in [2.24, 2.45) is 0 Å². The zero-order valence-corrected chi connectivity index (χ0v) is 11.4. The Balaban J connectivity index is 1.75. The van der Waals surface area contributed by atoms with Gasteiger partial charge in [-0.25, -0.2) is 0 Å². The second kappa shape index (κ2) is 5.10. The molecule has 1 aliphatic heterocycles. The summed E-state index contributed by atoms with van der Waals surface area (Å²) in [5, 5.41) is 0.675. The number of carbonyl (C=O) groups excluding carboxylic acids is 2. The van der Waals surface area contributed by atoms with E-state index < -0.39 is 0 Å². The summed E-state index contributed by atoms with van der Waals surface area (Å²) in [5.74, 6) is -0.417. The van der Waals surface area contributed by atoms with Crippen molar-refractivity contribution in [3.8, 4) is 0 Å². The fourth-order valence-electron chi connectivity index (χ4n) is 2.33. The van der Waals surface area contributed by atoms with Gasteiger partial charge in [-0.3, -0.25) is 14.5 Å². The molecule has 2 aromatic carbocycles. The molecule has 2 amide bonds. The largest absolute Gasteiger partial charge is 0.274 e. The SMILES string of the molecule is O=C1c2ccccc2C(=O)N1CCc1ccc(Cl)cc1. The van der Waals surface area contributed by atoms with Crippen molar-refractivity contribution in [1.29, 1.82) is 0 Å². The molecule has 1 heterocycles. The van der Waals surface area contributed by atoms with Crippen molar-refractivity contribution >= 4 is 23.4 Å². The third-order valence-electron chi connectivity index (χ3n) is 3.42. The Hall–Kier alpha value is -2.13. The second-order valence-corrected chi connectivity index (χ2v) is 5.12. The number of benzene rings is 2. The summed E-state index contributed by atoms with van der Waals surface area (Å²) in [7, 11) is 0. The Kier molecular flexibility index (Phi) is 3.28. The summed E-state index contributed by atoms with van der Waals surface area (Å²) in [4.78, 5) is 25.6.